The van der Waals surface area contributed by atoms with E-state index in [0.29, 0.717) is 6.42 Å². The van der Waals surface area contributed by atoms with E-state index in [1.54, 1.807) is 34.6 Å². The Kier molecular flexibility index (Phi) is 18.6. The van der Waals surface area contributed by atoms with Crippen LogP contribution in [0.3, 0.4) is 0 Å². The van der Waals surface area contributed by atoms with Gasteiger partial charge in [-0.15, -0.1) is 0 Å². The van der Waals surface area contributed by atoms with Gasteiger partial charge in [0.15, 0.2) is 0 Å². The molecule has 4 aromatic rings. The Morgan fingerprint density at radius 2 is 0.983 bits per heavy atom. The Bertz CT molecular complexity index is 1890. The number of carbonyl (C=O) groups is 4. The molecule has 0 saturated carbocycles. The van der Waals surface area contributed by atoms with Crippen LogP contribution in [0.5, 0.6) is 0 Å². The van der Waals surface area contributed by atoms with Crippen LogP contribution in [-0.2, 0) is 44.9 Å². The third-order valence-corrected chi connectivity index (χ3v) is 9.61. The van der Waals surface area contributed by atoms with Crippen LogP contribution < -0.4 is 26.6 Å². The van der Waals surface area contributed by atoms with Gasteiger partial charge in [0.1, 0.15) is 24.3 Å². The Morgan fingerprint density at radius 3 is 1.43 bits per heavy atom. The molecule has 7 N–H and O–H groups in total. The van der Waals surface area contributed by atoms with Crippen LogP contribution >= 0.6 is 0 Å². The normalized spacial score (nSPS) is 14.4. The van der Waals surface area contributed by atoms with Crippen LogP contribution in [0.15, 0.2) is 121 Å². The second kappa shape index (κ2) is 23.7. The predicted octanol–water partition coefficient (Wildman–Crippen LogP) is 4.84. The number of rotatable bonds is 21. The van der Waals surface area contributed by atoms with Gasteiger partial charge in [0.05, 0.1) is 24.3 Å². The third-order valence-electron chi connectivity index (χ3n) is 9.61. The van der Waals surface area contributed by atoms with Crippen LogP contribution in [0.2, 0.25) is 0 Å². The minimum absolute atomic E-state index is 0.00459. The van der Waals surface area contributed by atoms with Gasteiger partial charge < -0.3 is 46.3 Å². The van der Waals surface area contributed by atoms with Gasteiger partial charge in [0, 0.05) is 19.5 Å². The van der Waals surface area contributed by atoms with Crippen LogP contribution in [0.4, 0.5) is 9.59 Å². The first-order valence-corrected chi connectivity index (χ1v) is 20.4. The second-order valence-electron chi connectivity index (χ2n) is 16.2. The van der Waals surface area contributed by atoms with E-state index in [1.165, 1.54) is 0 Å². The number of aliphatic hydroxyl groups is 2. The molecule has 6 atom stereocenters. The lowest BCUT2D eigenvalue weighted by Gasteiger charge is -2.30. The molecular formula is C47H61N5O8. The summed E-state index contributed by atoms with van der Waals surface area (Å²) in [5, 5.41) is 37.2. The zero-order chi connectivity index (χ0) is 43.5. The molecule has 13 nitrogen and oxygen atoms in total. The van der Waals surface area contributed by atoms with E-state index in [4.69, 9.17) is 9.47 Å². The zero-order valence-corrected chi connectivity index (χ0v) is 35.2. The maximum Gasteiger partial charge on any atom is 0.408 e. The van der Waals surface area contributed by atoms with Crippen molar-refractivity contribution < 1.29 is 38.9 Å². The predicted molar refractivity (Wildman–Crippen MR) is 231 cm³/mol. The number of benzene rings is 4. The van der Waals surface area contributed by atoms with E-state index >= 15 is 0 Å². The number of aliphatic hydroxyl groups excluding tert-OH is 2. The lowest BCUT2D eigenvalue weighted by Crippen LogP contribution is -2.59. The number of amides is 4. The molecule has 60 heavy (non-hydrogen) atoms. The third kappa shape index (κ3) is 16.8. The highest BCUT2D eigenvalue weighted by molar-refractivity contribution is 5.91. The maximum atomic E-state index is 14.1. The van der Waals surface area contributed by atoms with Crippen molar-refractivity contribution in [1.82, 2.24) is 26.6 Å². The summed E-state index contributed by atoms with van der Waals surface area (Å²) in [5.74, 6) is -1.48. The van der Waals surface area contributed by atoms with E-state index < -0.39 is 66.0 Å². The summed E-state index contributed by atoms with van der Waals surface area (Å²) >= 11 is 0. The molecule has 0 radical (unpaired) electrons. The molecule has 0 aliphatic rings. The Labute approximate surface area is 353 Å². The first kappa shape index (κ1) is 46.9. The lowest BCUT2D eigenvalue weighted by atomic mass is 9.97. The molecular weight excluding hydrogens is 763 g/mol. The van der Waals surface area contributed by atoms with Crippen LogP contribution in [0.25, 0.3) is 0 Å². The highest BCUT2D eigenvalue weighted by Crippen LogP contribution is 2.13. The smallest absolute Gasteiger partial charge is 0.408 e. The SMILES string of the molecule is CC(C)[C@H](NC(=O)[C@H](Cc1ccccc1)NC(=O)OCc1ccccc1)C(=O)N[C@@H](Cc1ccccc1)[C@H](O)CNC[C@@H](O)[C@H](Cc1ccccc1)NC(=O)OC(C)(C)C. The quantitative estimate of drug-likeness (QED) is 0.0618. The molecule has 4 rings (SSSR count). The van der Waals surface area contributed by atoms with Gasteiger partial charge in [0.2, 0.25) is 11.8 Å². The fraction of sp³-hybridized carbons (Fsp3) is 0.404. The fourth-order valence-corrected chi connectivity index (χ4v) is 6.45. The first-order valence-electron chi connectivity index (χ1n) is 20.4. The molecule has 0 heterocycles. The van der Waals surface area contributed by atoms with Crippen molar-refractivity contribution in [2.24, 2.45) is 5.92 Å². The van der Waals surface area contributed by atoms with Crippen molar-refractivity contribution in [2.75, 3.05) is 13.1 Å². The molecule has 0 aliphatic carbocycles. The molecule has 0 unspecified atom stereocenters. The minimum atomic E-state index is -1.14. The van der Waals surface area contributed by atoms with Gasteiger partial charge in [-0.25, -0.2) is 9.59 Å². The summed E-state index contributed by atoms with van der Waals surface area (Å²) in [4.78, 5) is 53.7. The molecule has 0 spiro atoms. The van der Waals surface area contributed by atoms with Crippen molar-refractivity contribution in [3.8, 4) is 0 Å². The van der Waals surface area contributed by atoms with Crippen LogP contribution in [0, 0.1) is 5.92 Å². The number of hydrogen-bond donors (Lipinski definition) is 7. The van der Waals surface area contributed by atoms with Gasteiger partial charge in [0.25, 0.3) is 0 Å². The summed E-state index contributed by atoms with van der Waals surface area (Å²) in [6.45, 7) is 8.85. The van der Waals surface area contributed by atoms with Crippen molar-refractivity contribution in [2.45, 2.75) is 102 Å². The molecule has 0 fully saturated rings. The van der Waals surface area contributed by atoms with E-state index in [1.807, 2.05) is 121 Å². The van der Waals surface area contributed by atoms with Gasteiger partial charge in [-0.2, -0.15) is 0 Å². The zero-order valence-electron chi connectivity index (χ0n) is 35.2. The standard InChI is InChI=1S/C47H61N5O8/c1-32(2)42(52-43(55)39(28-35-22-14-8-15-23-35)51-45(57)59-31-36-24-16-9-17-25-36)44(56)49-37(26-33-18-10-6-11-19-33)40(53)29-48-30-41(54)38(27-34-20-12-7-13-21-34)50-46(58)60-47(3,4)5/h6-25,32,37-42,48,53-54H,26-31H2,1-5H3,(H,49,56)(H,50,58)(H,51,57)(H,52,55)/t37-,38-,39-,40+,41+,42-/m0/s1. The Morgan fingerprint density at radius 1 is 0.550 bits per heavy atom. The average Bonchev–Trinajstić information content (AvgIpc) is 3.21. The Balaban J connectivity index is 1.44. The molecule has 0 saturated heterocycles. The Hall–Kier alpha value is -5.76. The van der Waals surface area contributed by atoms with Gasteiger partial charge in [-0.1, -0.05) is 135 Å². The van der Waals surface area contributed by atoms with E-state index in [2.05, 4.69) is 26.6 Å². The van der Waals surface area contributed by atoms with Crippen molar-refractivity contribution in [1.29, 1.82) is 0 Å². The minimum Gasteiger partial charge on any atom is -0.445 e. The molecule has 0 aliphatic heterocycles. The number of carbonyl (C=O) groups excluding carboxylic acids is 4. The fourth-order valence-electron chi connectivity index (χ4n) is 6.45. The number of hydrogen-bond acceptors (Lipinski definition) is 9. The monoisotopic (exact) mass is 823 g/mol. The maximum absolute atomic E-state index is 14.1. The van der Waals surface area contributed by atoms with E-state index in [9.17, 15) is 29.4 Å². The summed E-state index contributed by atoms with van der Waals surface area (Å²) in [6.07, 6.45) is -2.91. The molecule has 4 aromatic carbocycles. The van der Waals surface area contributed by atoms with Crippen molar-refractivity contribution in [3.63, 3.8) is 0 Å². The van der Waals surface area contributed by atoms with Crippen molar-refractivity contribution >= 4 is 24.0 Å². The lowest BCUT2D eigenvalue weighted by molar-refractivity contribution is -0.131. The summed E-state index contributed by atoms with van der Waals surface area (Å²) in [7, 11) is 0. The molecule has 4 amide bonds. The van der Waals surface area contributed by atoms with Crippen LogP contribution in [-0.4, -0.2) is 89.3 Å². The first-order chi connectivity index (χ1) is 28.7. The highest BCUT2D eigenvalue weighted by Gasteiger charge is 2.32. The van der Waals surface area contributed by atoms with Crippen LogP contribution in [0.1, 0.15) is 56.9 Å². The van der Waals surface area contributed by atoms with E-state index in [-0.39, 0.29) is 38.5 Å². The van der Waals surface area contributed by atoms with Crippen molar-refractivity contribution in [3.05, 3.63) is 144 Å². The number of alkyl carbamates (subject to hydrolysis) is 2. The van der Waals surface area contributed by atoms with Gasteiger partial charge in [-0.3, -0.25) is 9.59 Å². The van der Waals surface area contributed by atoms with Gasteiger partial charge >= 0.3 is 12.2 Å². The average molecular weight is 824 g/mol. The largest absolute Gasteiger partial charge is 0.445 e. The van der Waals surface area contributed by atoms with Gasteiger partial charge in [-0.05, 0) is 61.8 Å². The molecule has 0 aromatic heterocycles. The summed E-state index contributed by atoms with van der Waals surface area (Å²) in [5.41, 5.74) is 2.61. The number of nitrogens with one attached hydrogen (secondary N) is 5. The number of ether oxygens (including phenoxy) is 2. The second-order valence-corrected chi connectivity index (χ2v) is 16.2. The molecule has 0 bridgehead atoms. The highest BCUT2D eigenvalue weighted by atomic mass is 16.6. The summed E-state index contributed by atoms with van der Waals surface area (Å²) < 4.78 is 10.9. The molecule has 13 heteroatoms. The topological polar surface area (TPSA) is 187 Å². The van der Waals surface area contributed by atoms with E-state index in [0.717, 1.165) is 22.3 Å². The molecule has 322 valence electrons. The summed E-state index contributed by atoms with van der Waals surface area (Å²) in [6, 6.07) is 33.6.